The van der Waals surface area contributed by atoms with Crippen LogP contribution >= 0.6 is 0 Å². The van der Waals surface area contributed by atoms with Gasteiger partial charge in [0.05, 0.1) is 12.4 Å². The Morgan fingerprint density at radius 1 is 1.20 bits per heavy atom. The average Bonchev–Trinajstić information content (AvgIpc) is 2.81. The third-order valence-electron chi connectivity index (χ3n) is 4.97. The number of amides is 1. The average molecular weight is 366 g/mol. The van der Waals surface area contributed by atoms with Crippen LogP contribution in [0.25, 0.3) is 0 Å². The number of rotatable bonds is 4. The normalized spacial score (nSPS) is 22.0. The Morgan fingerprint density at radius 2 is 1.92 bits per heavy atom. The highest BCUT2D eigenvalue weighted by Gasteiger charge is 2.29. The van der Waals surface area contributed by atoms with Crippen molar-refractivity contribution in [2.45, 2.75) is 12.8 Å². The highest BCUT2D eigenvalue weighted by molar-refractivity contribution is 7.90. The number of carbonyl (C=O) groups excluding carboxylic acids is 1. The smallest absolute Gasteiger partial charge is 0.226 e. The number of carbonyl (C=O) groups is 1. The van der Waals surface area contributed by atoms with Crippen molar-refractivity contribution in [1.82, 2.24) is 9.80 Å². The minimum Gasteiger partial charge on any atom is -0.493 e. The Labute approximate surface area is 149 Å². The minimum atomic E-state index is -2.94. The summed E-state index contributed by atoms with van der Waals surface area (Å²) < 4.78 is 28.3. The van der Waals surface area contributed by atoms with Crippen molar-refractivity contribution in [2.24, 2.45) is 5.92 Å². The van der Waals surface area contributed by atoms with E-state index in [1.165, 1.54) is 6.26 Å². The summed E-state index contributed by atoms with van der Waals surface area (Å²) in [6.45, 7) is 3.93. The molecule has 0 aromatic heterocycles. The van der Waals surface area contributed by atoms with Gasteiger partial charge in [0, 0.05) is 44.9 Å². The monoisotopic (exact) mass is 366 g/mol. The second kappa shape index (κ2) is 7.74. The van der Waals surface area contributed by atoms with Gasteiger partial charge in [-0.05, 0) is 24.5 Å². The molecule has 2 heterocycles. The van der Waals surface area contributed by atoms with Gasteiger partial charge in [-0.3, -0.25) is 9.69 Å². The summed E-state index contributed by atoms with van der Waals surface area (Å²) in [4.78, 5) is 16.9. The molecule has 7 heteroatoms. The Morgan fingerprint density at radius 3 is 2.64 bits per heavy atom. The molecule has 0 spiro atoms. The number of ether oxygens (including phenoxy) is 1. The number of nitrogens with zero attached hydrogens (tertiary/aromatic N) is 2. The molecule has 2 aliphatic rings. The molecule has 138 valence electrons. The summed E-state index contributed by atoms with van der Waals surface area (Å²) >= 11 is 0. The second-order valence-electron chi connectivity index (χ2n) is 6.94. The maximum absolute atomic E-state index is 12.9. The quantitative estimate of drug-likeness (QED) is 0.789. The van der Waals surface area contributed by atoms with Gasteiger partial charge in [-0.2, -0.15) is 0 Å². The lowest BCUT2D eigenvalue weighted by atomic mass is 9.95. The number of benzene rings is 1. The maximum atomic E-state index is 12.9. The van der Waals surface area contributed by atoms with E-state index in [4.69, 9.17) is 4.74 Å². The first-order valence-electron chi connectivity index (χ1n) is 8.82. The SMILES string of the molecule is CS(=O)(=O)CCN1CCN(C(=O)[C@H]2CCOc3ccccc3C2)CC1. The van der Waals surface area contributed by atoms with Gasteiger partial charge < -0.3 is 9.64 Å². The van der Waals surface area contributed by atoms with E-state index in [9.17, 15) is 13.2 Å². The van der Waals surface area contributed by atoms with Gasteiger partial charge in [0.15, 0.2) is 0 Å². The summed E-state index contributed by atoms with van der Waals surface area (Å²) in [5.41, 5.74) is 1.10. The molecule has 2 aliphatic heterocycles. The number of piperazine rings is 1. The van der Waals surface area contributed by atoms with Crippen molar-refractivity contribution in [3.63, 3.8) is 0 Å². The van der Waals surface area contributed by atoms with Gasteiger partial charge in [-0.25, -0.2) is 8.42 Å². The van der Waals surface area contributed by atoms with Crippen LogP contribution in [-0.4, -0.2) is 75.5 Å². The molecule has 1 aromatic rings. The minimum absolute atomic E-state index is 0.0359. The van der Waals surface area contributed by atoms with Crippen LogP contribution < -0.4 is 4.74 Å². The van der Waals surface area contributed by atoms with Crippen LogP contribution in [-0.2, 0) is 21.1 Å². The third-order valence-corrected chi connectivity index (χ3v) is 5.90. The molecule has 1 fully saturated rings. The molecular weight excluding hydrogens is 340 g/mol. The molecule has 0 N–H and O–H groups in total. The van der Waals surface area contributed by atoms with E-state index in [0.717, 1.165) is 37.2 Å². The fourth-order valence-corrected chi connectivity index (χ4v) is 4.04. The zero-order valence-corrected chi connectivity index (χ0v) is 15.5. The lowest BCUT2D eigenvalue weighted by Crippen LogP contribution is -2.51. The largest absolute Gasteiger partial charge is 0.493 e. The lowest BCUT2D eigenvalue weighted by Gasteiger charge is -2.36. The van der Waals surface area contributed by atoms with E-state index >= 15 is 0 Å². The predicted molar refractivity (Wildman–Crippen MR) is 96.5 cm³/mol. The molecule has 0 aliphatic carbocycles. The van der Waals surface area contributed by atoms with Crippen molar-refractivity contribution < 1.29 is 17.9 Å². The molecule has 1 aromatic carbocycles. The molecule has 1 amide bonds. The number of hydrogen-bond acceptors (Lipinski definition) is 5. The summed E-state index contributed by atoms with van der Waals surface area (Å²) in [6, 6.07) is 7.93. The van der Waals surface area contributed by atoms with Crippen molar-refractivity contribution in [3.05, 3.63) is 29.8 Å². The van der Waals surface area contributed by atoms with Crippen LogP contribution in [0.2, 0.25) is 0 Å². The first-order valence-corrected chi connectivity index (χ1v) is 10.9. The van der Waals surface area contributed by atoms with Crippen molar-refractivity contribution in [1.29, 1.82) is 0 Å². The highest BCUT2D eigenvalue weighted by atomic mass is 32.2. The standard InChI is InChI=1S/C18H26N2O4S/c1-25(22,23)13-11-19-7-9-20(10-8-19)18(21)16-6-12-24-17-5-3-2-4-15(17)14-16/h2-5,16H,6-14H2,1H3/t16-/m0/s1. The van der Waals surface area contributed by atoms with E-state index in [1.807, 2.05) is 29.2 Å². The van der Waals surface area contributed by atoms with Gasteiger partial charge >= 0.3 is 0 Å². The van der Waals surface area contributed by atoms with Crippen LogP contribution in [0.1, 0.15) is 12.0 Å². The van der Waals surface area contributed by atoms with Crippen molar-refractivity contribution in [3.8, 4) is 5.75 Å². The van der Waals surface area contributed by atoms with Crippen LogP contribution in [0.3, 0.4) is 0 Å². The molecule has 25 heavy (non-hydrogen) atoms. The molecule has 0 bridgehead atoms. The molecule has 1 atom stereocenters. The van der Waals surface area contributed by atoms with Gasteiger partial charge in [-0.15, -0.1) is 0 Å². The summed E-state index contributed by atoms with van der Waals surface area (Å²) in [6.07, 6.45) is 2.73. The Hall–Kier alpha value is -1.60. The topological polar surface area (TPSA) is 66.9 Å². The molecule has 0 unspecified atom stereocenters. The number of sulfone groups is 1. The molecule has 0 radical (unpaired) electrons. The molecule has 1 saturated heterocycles. The Bertz CT molecular complexity index is 712. The molecule has 6 nitrogen and oxygen atoms in total. The van der Waals surface area contributed by atoms with Crippen LogP contribution in [0, 0.1) is 5.92 Å². The van der Waals surface area contributed by atoms with Crippen LogP contribution in [0.5, 0.6) is 5.75 Å². The van der Waals surface area contributed by atoms with Gasteiger partial charge in [0.2, 0.25) is 5.91 Å². The van der Waals surface area contributed by atoms with E-state index in [1.54, 1.807) is 0 Å². The Kier molecular flexibility index (Phi) is 5.64. The van der Waals surface area contributed by atoms with E-state index in [0.29, 0.717) is 26.2 Å². The van der Waals surface area contributed by atoms with Crippen molar-refractivity contribution >= 4 is 15.7 Å². The summed E-state index contributed by atoms with van der Waals surface area (Å²) in [7, 11) is -2.94. The maximum Gasteiger partial charge on any atom is 0.226 e. The number of hydrogen-bond donors (Lipinski definition) is 0. The highest BCUT2D eigenvalue weighted by Crippen LogP contribution is 2.27. The van der Waals surface area contributed by atoms with E-state index in [-0.39, 0.29) is 17.6 Å². The molecular formula is C18H26N2O4S. The first-order chi connectivity index (χ1) is 11.9. The first kappa shape index (κ1) is 18.2. The van der Waals surface area contributed by atoms with Crippen LogP contribution in [0.4, 0.5) is 0 Å². The van der Waals surface area contributed by atoms with Gasteiger partial charge in [-0.1, -0.05) is 18.2 Å². The molecule has 0 saturated carbocycles. The Balaban J connectivity index is 1.54. The third kappa shape index (κ3) is 4.95. The number of fused-ring (bicyclic) bond motifs is 1. The van der Waals surface area contributed by atoms with Crippen molar-refractivity contribution in [2.75, 3.05) is 51.3 Å². The molecule has 3 rings (SSSR count). The van der Waals surface area contributed by atoms with Crippen LogP contribution in [0.15, 0.2) is 24.3 Å². The predicted octanol–water partition coefficient (Wildman–Crippen LogP) is 0.817. The fraction of sp³-hybridized carbons (Fsp3) is 0.611. The zero-order valence-electron chi connectivity index (χ0n) is 14.7. The lowest BCUT2D eigenvalue weighted by molar-refractivity contribution is -0.137. The van der Waals surface area contributed by atoms with Gasteiger partial charge in [0.25, 0.3) is 0 Å². The summed E-state index contributed by atoms with van der Waals surface area (Å²) in [5, 5.41) is 0. The zero-order chi connectivity index (χ0) is 17.9. The van der Waals surface area contributed by atoms with E-state index in [2.05, 4.69) is 4.90 Å². The second-order valence-corrected chi connectivity index (χ2v) is 9.20. The number of para-hydroxylation sites is 1. The fourth-order valence-electron chi connectivity index (χ4n) is 3.45. The summed E-state index contributed by atoms with van der Waals surface area (Å²) in [5.74, 6) is 1.23. The van der Waals surface area contributed by atoms with Gasteiger partial charge in [0.1, 0.15) is 15.6 Å². The van der Waals surface area contributed by atoms with E-state index < -0.39 is 9.84 Å².